The van der Waals surface area contributed by atoms with Crippen molar-refractivity contribution in [3.63, 3.8) is 0 Å². The van der Waals surface area contributed by atoms with Gasteiger partial charge in [0.25, 0.3) is 0 Å². The molecule has 6 heteroatoms. The number of benzene rings is 1. The molecule has 1 atom stereocenters. The minimum absolute atomic E-state index is 0.0299. The van der Waals surface area contributed by atoms with E-state index in [0.29, 0.717) is 10.6 Å². The second-order valence-electron chi connectivity index (χ2n) is 2.36. The predicted molar refractivity (Wildman–Crippen MR) is 55.2 cm³/mol. The molecule has 0 saturated carbocycles. The van der Waals surface area contributed by atoms with Crippen molar-refractivity contribution in [1.29, 1.82) is 0 Å². The van der Waals surface area contributed by atoms with Crippen LogP contribution < -0.4 is 0 Å². The van der Waals surface area contributed by atoms with Crippen LogP contribution in [0, 0.1) is 6.92 Å². The Labute approximate surface area is 93.1 Å². The third kappa shape index (κ3) is 2.17. The van der Waals surface area contributed by atoms with Crippen LogP contribution in [0.25, 0.3) is 0 Å². The number of hydrogen-bond donors (Lipinski definition) is 1. The topological polar surface area (TPSA) is 37.3 Å². The van der Waals surface area contributed by atoms with E-state index in [4.69, 9.17) is 39.4 Å². The van der Waals surface area contributed by atoms with Gasteiger partial charge in [0, 0.05) is 5.02 Å². The molecular formula is C7H5Cl3O2S. The van der Waals surface area contributed by atoms with E-state index in [1.54, 1.807) is 6.92 Å². The van der Waals surface area contributed by atoms with Crippen LogP contribution in [0.4, 0.5) is 0 Å². The molecule has 0 amide bonds. The molecule has 0 spiro atoms. The molecule has 1 N–H and O–H groups in total. The van der Waals surface area contributed by atoms with Crippen LogP contribution >= 0.6 is 34.8 Å². The lowest BCUT2D eigenvalue weighted by molar-refractivity contribution is 0.564. The van der Waals surface area contributed by atoms with E-state index in [9.17, 15) is 4.21 Å². The highest BCUT2D eigenvalue weighted by atomic mass is 35.5. The van der Waals surface area contributed by atoms with Crippen LogP contribution in [0.5, 0.6) is 0 Å². The fourth-order valence-electron chi connectivity index (χ4n) is 0.791. The lowest BCUT2D eigenvalue weighted by Gasteiger charge is -2.06. The van der Waals surface area contributed by atoms with Gasteiger partial charge < -0.3 is 4.55 Å². The Morgan fingerprint density at radius 2 is 1.85 bits per heavy atom. The molecule has 0 heterocycles. The maximum atomic E-state index is 10.7. The summed E-state index contributed by atoms with van der Waals surface area (Å²) >= 11 is 15.1. The van der Waals surface area contributed by atoms with E-state index in [2.05, 4.69) is 0 Å². The fourth-order valence-corrected chi connectivity index (χ4v) is 2.24. The lowest BCUT2D eigenvalue weighted by atomic mass is 10.2. The van der Waals surface area contributed by atoms with Crippen molar-refractivity contribution < 1.29 is 8.76 Å². The molecule has 1 aromatic carbocycles. The summed E-state index contributed by atoms with van der Waals surface area (Å²) < 4.78 is 19.6. The second kappa shape index (κ2) is 4.15. The first-order valence-corrected chi connectivity index (χ1v) is 5.44. The van der Waals surface area contributed by atoms with Gasteiger partial charge in [-0.25, -0.2) is 4.21 Å². The van der Waals surface area contributed by atoms with E-state index in [-0.39, 0.29) is 14.9 Å². The Kier molecular flexibility index (Phi) is 3.60. The summed E-state index contributed by atoms with van der Waals surface area (Å²) in [7, 11) is 0. The van der Waals surface area contributed by atoms with E-state index in [1.165, 1.54) is 6.07 Å². The smallest absolute Gasteiger partial charge is 0.188 e. The minimum Gasteiger partial charge on any atom is -0.302 e. The van der Waals surface area contributed by atoms with Crippen molar-refractivity contribution >= 4 is 45.9 Å². The van der Waals surface area contributed by atoms with E-state index >= 15 is 0 Å². The van der Waals surface area contributed by atoms with Gasteiger partial charge in [-0.2, -0.15) is 0 Å². The Hall–Kier alpha value is 0.200. The average Bonchev–Trinajstić information content (AvgIpc) is 2.07. The van der Waals surface area contributed by atoms with Crippen LogP contribution in [0.2, 0.25) is 15.1 Å². The molecule has 72 valence electrons. The molecule has 1 unspecified atom stereocenters. The summed E-state index contributed by atoms with van der Waals surface area (Å²) in [6, 6.07) is 1.33. The Bertz CT molecular complexity index is 378. The van der Waals surface area contributed by atoms with Gasteiger partial charge in [0.15, 0.2) is 11.1 Å². The third-order valence-corrected chi connectivity index (χ3v) is 3.71. The first-order chi connectivity index (χ1) is 5.95. The number of hydrogen-bond acceptors (Lipinski definition) is 1. The third-order valence-electron chi connectivity index (χ3n) is 1.54. The van der Waals surface area contributed by atoms with Crippen molar-refractivity contribution in [3.8, 4) is 0 Å². The summed E-state index contributed by atoms with van der Waals surface area (Å²) in [6.45, 7) is 1.68. The predicted octanol–water partition coefficient (Wildman–Crippen LogP) is 3.54. The molecule has 1 aromatic rings. The highest BCUT2D eigenvalue weighted by molar-refractivity contribution is 7.79. The van der Waals surface area contributed by atoms with Crippen molar-refractivity contribution in [2.45, 2.75) is 11.8 Å². The number of rotatable bonds is 1. The molecule has 0 bridgehead atoms. The van der Waals surface area contributed by atoms with Gasteiger partial charge in [0.1, 0.15) is 0 Å². The van der Waals surface area contributed by atoms with E-state index in [0.717, 1.165) is 0 Å². The fraction of sp³-hybridized carbons (Fsp3) is 0.143. The van der Waals surface area contributed by atoms with Gasteiger partial charge in [-0.05, 0) is 18.6 Å². The standard InChI is InChI=1S/C7H5Cl3O2S/c1-3-4(8)2-5(13(11)12)7(10)6(3)9/h2H,1H3,(H,11,12). The van der Waals surface area contributed by atoms with E-state index in [1.807, 2.05) is 0 Å². The summed E-state index contributed by atoms with van der Waals surface area (Å²) in [5.41, 5.74) is 0.600. The van der Waals surface area contributed by atoms with Crippen LogP contribution in [-0.4, -0.2) is 8.76 Å². The summed E-state index contributed by atoms with van der Waals surface area (Å²) in [4.78, 5) is 0.0299. The zero-order valence-electron chi connectivity index (χ0n) is 6.47. The SMILES string of the molecule is Cc1c(Cl)cc(S(=O)O)c(Cl)c1Cl. The highest BCUT2D eigenvalue weighted by Crippen LogP contribution is 2.35. The maximum absolute atomic E-state index is 10.7. The van der Waals surface area contributed by atoms with Gasteiger partial charge in [-0.3, -0.25) is 0 Å². The molecule has 0 aromatic heterocycles. The van der Waals surface area contributed by atoms with Crippen LogP contribution in [0.3, 0.4) is 0 Å². The second-order valence-corrected chi connectivity index (χ2v) is 4.46. The van der Waals surface area contributed by atoms with Crippen LogP contribution in [0.1, 0.15) is 5.56 Å². The average molecular weight is 260 g/mol. The molecule has 0 saturated heterocycles. The van der Waals surface area contributed by atoms with Gasteiger partial charge in [-0.15, -0.1) is 0 Å². The zero-order valence-corrected chi connectivity index (χ0v) is 9.56. The molecule has 0 radical (unpaired) electrons. The van der Waals surface area contributed by atoms with Crippen molar-refractivity contribution in [3.05, 3.63) is 26.7 Å². The quantitative estimate of drug-likeness (QED) is 0.619. The normalized spacial score (nSPS) is 13.0. The van der Waals surface area contributed by atoms with Crippen molar-refractivity contribution in [1.82, 2.24) is 0 Å². The molecule has 2 nitrogen and oxygen atoms in total. The Morgan fingerprint density at radius 1 is 1.31 bits per heavy atom. The van der Waals surface area contributed by atoms with Crippen LogP contribution in [-0.2, 0) is 11.1 Å². The molecule has 0 fully saturated rings. The molecule has 0 aliphatic rings. The monoisotopic (exact) mass is 258 g/mol. The zero-order chi connectivity index (χ0) is 10.2. The van der Waals surface area contributed by atoms with E-state index < -0.39 is 11.1 Å². The van der Waals surface area contributed by atoms with Crippen molar-refractivity contribution in [2.75, 3.05) is 0 Å². The largest absolute Gasteiger partial charge is 0.302 e. The Balaban J connectivity index is 3.50. The van der Waals surface area contributed by atoms with Gasteiger partial charge in [0.05, 0.1) is 14.9 Å². The summed E-state index contributed by atoms with van der Waals surface area (Å²) in [6.07, 6.45) is 0. The molecule has 0 aliphatic heterocycles. The Morgan fingerprint density at radius 3 is 2.31 bits per heavy atom. The molecule has 1 rings (SSSR count). The summed E-state index contributed by atoms with van der Waals surface area (Å²) in [5.74, 6) is 0. The first kappa shape index (κ1) is 11.3. The lowest BCUT2D eigenvalue weighted by Crippen LogP contribution is -1.92. The van der Waals surface area contributed by atoms with Gasteiger partial charge >= 0.3 is 0 Å². The highest BCUT2D eigenvalue weighted by Gasteiger charge is 2.14. The van der Waals surface area contributed by atoms with Gasteiger partial charge in [-0.1, -0.05) is 34.8 Å². The molecular weight excluding hydrogens is 255 g/mol. The van der Waals surface area contributed by atoms with Gasteiger partial charge in [0.2, 0.25) is 0 Å². The molecule has 0 aliphatic carbocycles. The van der Waals surface area contributed by atoms with Crippen molar-refractivity contribution in [2.24, 2.45) is 0 Å². The number of halogens is 3. The first-order valence-electron chi connectivity index (χ1n) is 3.20. The minimum atomic E-state index is -2.17. The maximum Gasteiger partial charge on any atom is 0.188 e. The molecule has 13 heavy (non-hydrogen) atoms. The van der Waals surface area contributed by atoms with Crippen LogP contribution in [0.15, 0.2) is 11.0 Å². The summed E-state index contributed by atoms with van der Waals surface area (Å²) in [5, 5.41) is 0.614.